The maximum atomic E-state index is 14.0. The number of rotatable bonds is 2. The maximum absolute atomic E-state index is 14.0. The van der Waals surface area contributed by atoms with Gasteiger partial charge in [-0.25, -0.2) is 4.39 Å². The van der Waals surface area contributed by atoms with Gasteiger partial charge in [0.05, 0.1) is 21.3 Å². The Labute approximate surface area is 142 Å². The van der Waals surface area contributed by atoms with Crippen LogP contribution in [-0.2, 0) is 6.18 Å². The van der Waals surface area contributed by atoms with E-state index in [-0.39, 0.29) is 21.8 Å². The van der Waals surface area contributed by atoms with E-state index >= 15 is 0 Å². The molecular weight excluding hydrogens is 383 g/mol. The van der Waals surface area contributed by atoms with Crippen LogP contribution in [0.3, 0.4) is 0 Å². The molecule has 0 fully saturated rings. The molecule has 1 aromatic heterocycles. The Morgan fingerprint density at radius 3 is 2.30 bits per heavy atom. The van der Waals surface area contributed by atoms with Crippen molar-refractivity contribution in [3.63, 3.8) is 0 Å². The summed E-state index contributed by atoms with van der Waals surface area (Å²) in [7, 11) is 0. The number of nitrogens with zero attached hydrogens (tertiary/aromatic N) is 2. The Balaban J connectivity index is 2.63. The normalized spacial score (nSPS) is 12.6. The topological polar surface area (TPSA) is 45.5 Å². The van der Waals surface area contributed by atoms with E-state index in [4.69, 9.17) is 40.0 Å². The molecule has 0 aliphatic rings. The van der Waals surface area contributed by atoms with Crippen molar-refractivity contribution in [3.8, 4) is 11.3 Å². The minimum atomic E-state index is -4.63. The third-order valence-corrected chi connectivity index (χ3v) is 3.67. The third-order valence-electron chi connectivity index (χ3n) is 2.79. The molecule has 0 unspecified atom stereocenters. The fourth-order valence-corrected chi connectivity index (χ4v) is 2.45. The Morgan fingerprint density at radius 2 is 1.78 bits per heavy atom. The van der Waals surface area contributed by atoms with Gasteiger partial charge in [0.2, 0.25) is 0 Å². The molecule has 0 amide bonds. The number of hydrogen-bond acceptors (Lipinski definition) is 3. The van der Waals surface area contributed by atoms with Gasteiger partial charge >= 0.3 is 6.18 Å². The molecule has 23 heavy (non-hydrogen) atoms. The largest absolute Gasteiger partial charge is 0.417 e. The summed E-state index contributed by atoms with van der Waals surface area (Å²) < 4.78 is 51.8. The van der Waals surface area contributed by atoms with Crippen molar-refractivity contribution < 1.29 is 22.8 Å². The lowest BCUT2D eigenvalue weighted by atomic mass is 10.1. The average molecular weight is 388 g/mol. The first kappa shape index (κ1) is 17.8. The Morgan fingerprint density at radius 1 is 1.13 bits per heavy atom. The minimum Gasteiger partial charge on any atom is -0.410 e. The summed E-state index contributed by atoms with van der Waals surface area (Å²) in [6.07, 6.45) is -4.11. The summed E-state index contributed by atoms with van der Waals surface area (Å²) in [6, 6.07) is 2.55. The second-order valence-corrected chi connectivity index (χ2v) is 5.43. The summed E-state index contributed by atoms with van der Waals surface area (Å²) in [5.41, 5.74) is -1.59. The number of benzene rings is 1. The summed E-state index contributed by atoms with van der Waals surface area (Å²) in [5.74, 6) is -0.879. The first-order valence-electron chi connectivity index (χ1n) is 5.75. The van der Waals surface area contributed by atoms with E-state index in [0.29, 0.717) is 12.3 Å². The van der Waals surface area contributed by atoms with Crippen LogP contribution >= 0.6 is 34.8 Å². The summed E-state index contributed by atoms with van der Waals surface area (Å²) in [4.78, 5) is 3.55. The standard InChI is InChI=1S/C13H5Cl3F4N2O/c14-8-3-10(17)7(2-6(8)12(16)22-23)11-9(15)1-5(4-21-11)13(18,19)20/h1-4,23H/b22-12-. The van der Waals surface area contributed by atoms with Crippen LogP contribution in [0.4, 0.5) is 17.6 Å². The van der Waals surface area contributed by atoms with Crippen molar-refractivity contribution in [2.75, 3.05) is 0 Å². The highest BCUT2D eigenvalue weighted by Gasteiger charge is 2.32. The first-order chi connectivity index (χ1) is 10.6. The third kappa shape index (κ3) is 3.68. The van der Waals surface area contributed by atoms with Crippen LogP contribution in [0.1, 0.15) is 11.1 Å². The second-order valence-electron chi connectivity index (χ2n) is 4.25. The number of alkyl halides is 3. The molecule has 1 aromatic carbocycles. The van der Waals surface area contributed by atoms with Crippen molar-refractivity contribution in [2.24, 2.45) is 5.16 Å². The lowest BCUT2D eigenvalue weighted by molar-refractivity contribution is -0.137. The van der Waals surface area contributed by atoms with Gasteiger partial charge in [-0.05, 0) is 18.2 Å². The lowest BCUT2D eigenvalue weighted by Crippen LogP contribution is -2.06. The first-order valence-corrected chi connectivity index (χ1v) is 6.88. The van der Waals surface area contributed by atoms with Gasteiger partial charge in [-0.2, -0.15) is 13.2 Å². The molecule has 1 heterocycles. The van der Waals surface area contributed by atoms with E-state index in [1.165, 1.54) is 0 Å². The zero-order chi connectivity index (χ0) is 17.4. The van der Waals surface area contributed by atoms with Gasteiger partial charge in [-0.15, -0.1) is 0 Å². The Hall–Kier alpha value is -1.57. The van der Waals surface area contributed by atoms with E-state index in [1.54, 1.807) is 0 Å². The van der Waals surface area contributed by atoms with Gasteiger partial charge in [0.1, 0.15) is 5.82 Å². The zero-order valence-electron chi connectivity index (χ0n) is 10.8. The molecule has 0 spiro atoms. The molecule has 3 nitrogen and oxygen atoms in total. The van der Waals surface area contributed by atoms with Crippen molar-refractivity contribution in [1.29, 1.82) is 0 Å². The highest BCUT2D eigenvalue weighted by Crippen LogP contribution is 2.36. The van der Waals surface area contributed by atoms with E-state index in [0.717, 1.165) is 12.1 Å². The highest BCUT2D eigenvalue weighted by molar-refractivity contribution is 6.70. The SMILES string of the molecule is O/N=C(\Cl)c1cc(-c2ncc(C(F)(F)F)cc2Cl)c(F)cc1Cl. The summed E-state index contributed by atoms with van der Waals surface area (Å²) >= 11 is 17.2. The molecule has 10 heteroatoms. The second kappa shape index (κ2) is 6.51. The summed E-state index contributed by atoms with van der Waals surface area (Å²) in [5, 5.41) is 10.4. The number of aromatic nitrogens is 1. The molecule has 0 aliphatic carbocycles. The Bertz CT molecular complexity index is 794. The fourth-order valence-electron chi connectivity index (χ4n) is 1.73. The van der Waals surface area contributed by atoms with Crippen LogP contribution in [0.15, 0.2) is 29.6 Å². The van der Waals surface area contributed by atoms with Gasteiger partial charge in [0.15, 0.2) is 5.17 Å². The van der Waals surface area contributed by atoms with Gasteiger partial charge in [-0.1, -0.05) is 40.0 Å². The molecule has 122 valence electrons. The van der Waals surface area contributed by atoms with Gasteiger partial charge < -0.3 is 5.21 Å². The van der Waals surface area contributed by atoms with E-state index in [2.05, 4.69) is 10.1 Å². The smallest absolute Gasteiger partial charge is 0.410 e. The molecule has 2 rings (SSSR count). The quantitative estimate of drug-likeness (QED) is 0.316. The molecule has 2 aromatic rings. The van der Waals surface area contributed by atoms with Crippen LogP contribution in [0.5, 0.6) is 0 Å². The summed E-state index contributed by atoms with van der Waals surface area (Å²) in [6.45, 7) is 0. The molecule has 0 aliphatic heterocycles. The van der Waals surface area contributed by atoms with Gasteiger partial charge in [0.25, 0.3) is 0 Å². The van der Waals surface area contributed by atoms with Crippen LogP contribution < -0.4 is 0 Å². The molecule has 0 saturated heterocycles. The highest BCUT2D eigenvalue weighted by atomic mass is 35.5. The van der Waals surface area contributed by atoms with E-state index < -0.39 is 27.8 Å². The predicted octanol–water partition coefficient (Wildman–Crippen LogP) is 5.59. The van der Waals surface area contributed by atoms with Crippen LogP contribution in [0, 0.1) is 5.82 Å². The van der Waals surface area contributed by atoms with E-state index in [9.17, 15) is 17.6 Å². The van der Waals surface area contributed by atoms with Crippen molar-refractivity contribution in [3.05, 3.63) is 51.4 Å². The molecule has 0 bridgehead atoms. The molecular formula is C13H5Cl3F4N2O. The molecule has 0 radical (unpaired) electrons. The lowest BCUT2D eigenvalue weighted by Gasteiger charge is -2.11. The monoisotopic (exact) mass is 386 g/mol. The Kier molecular flexibility index (Phi) is 5.03. The van der Waals surface area contributed by atoms with Crippen molar-refractivity contribution in [2.45, 2.75) is 6.18 Å². The predicted molar refractivity (Wildman–Crippen MR) is 78.8 cm³/mol. The fraction of sp³-hybridized carbons (Fsp3) is 0.0769. The molecule has 1 N–H and O–H groups in total. The number of pyridine rings is 1. The van der Waals surface area contributed by atoms with E-state index in [1.807, 2.05) is 0 Å². The number of halogens is 7. The zero-order valence-corrected chi connectivity index (χ0v) is 13.1. The van der Waals surface area contributed by atoms with Crippen molar-refractivity contribution >= 4 is 40.0 Å². The van der Waals surface area contributed by atoms with Crippen LogP contribution in [0.25, 0.3) is 11.3 Å². The number of hydrogen-bond donors (Lipinski definition) is 1. The van der Waals surface area contributed by atoms with Crippen molar-refractivity contribution in [1.82, 2.24) is 4.98 Å². The van der Waals surface area contributed by atoms with Crippen LogP contribution in [0.2, 0.25) is 10.0 Å². The maximum Gasteiger partial charge on any atom is 0.417 e. The molecule has 0 saturated carbocycles. The average Bonchev–Trinajstić information content (AvgIpc) is 2.46. The minimum absolute atomic E-state index is 0.0370. The van der Waals surface area contributed by atoms with Gasteiger partial charge in [0, 0.05) is 17.3 Å². The number of oxime groups is 1. The van der Waals surface area contributed by atoms with Gasteiger partial charge in [-0.3, -0.25) is 4.98 Å². The molecule has 0 atom stereocenters. The van der Waals surface area contributed by atoms with Crippen LogP contribution in [-0.4, -0.2) is 15.4 Å².